The zero-order valence-corrected chi connectivity index (χ0v) is 9.40. The number of aryl methyl sites for hydroxylation is 1. The molecule has 3 rings (SSSR count). The molecule has 1 aliphatic rings. The highest BCUT2D eigenvalue weighted by Crippen LogP contribution is 2.50. The summed E-state index contributed by atoms with van der Waals surface area (Å²) in [5, 5.41) is 0.861. The number of hydrogen-bond donors (Lipinski definition) is 0. The van der Waals surface area contributed by atoms with Crippen molar-refractivity contribution >= 4 is 17.0 Å². The van der Waals surface area contributed by atoms with E-state index in [1.54, 1.807) is 12.1 Å². The van der Waals surface area contributed by atoms with E-state index in [0.717, 1.165) is 23.7 Å². The van der Waals surface area contributed by atoms with E-state index < -0.39 is 5.54 Å². The van der Waals surface area contributed by atoms with Gasteiger partial charge in [0.1, 0.15) is 11.4 Å². The number of benzene rings is 1. The van der Waals surface area contributed by atoms with E-state index in [4.69, 9.17) is 0 Å². The number of aliphatic imine (C=N–C) groups is 1. The minimum Gasteiger partial charge on any atom is -0.351 e. The van der Waals surface area contributed by atoms with Crippen molar-refractivity contribution in [2.24, 2.45) is 12.0 Å². The van der Waals surface area contributed by atoms with Crippen LogP contribution in [0, 0.1) is 5.82 Å². The Morgan fingerprint density at radius 3 is 2.88 bits per heavy atom. The zero-order chi connectivity index (χ0) is 12.0. The molecule has 1 fully saturated rings. The van der Waals surface area contributed by atoms with Crippen LogP contribution in [-0.4, -0.2) is 10.6 Å². The fourth-order valence-electron chi connectivity index (χ4n) is 2.29. The molecule has 0 spiro atoms. The minimum absolute atomic E-state index is 0.291. The van der Waals surface area contributed by atoms with E-state index in [1.165, 1.54) is 6.07 Å². The first-order valence-corrected chi connectivity index (χ1v) is 5.50. The lowest BCUT2D eigenvalue weighted by Gasteiger charge is -2.10. The third-order valence-corrected chi connectivity index (χ3v) is 3.46. The van der Waals surface area contributed by atoms with Crippen LogP contribution in [0.1, 0.15) is 18.4 Å². The van der Waals surface area contributed by atoms with Crippen molar-refractivity contribution in [3.63, 3.8) is 0 Å². The monoisotopic (exact) mass is 230 g/mol. The fourth-order valence-corrected chi connectivity index (χ4v) is 2.29. The van der Waals surface area contributed by atoms with E-state index in [0.29, 0.717) is 5.56 Å². The van der Waals surface area contributed by atoms with Gasteiger partial charge in [0.15, 0.2) is 0 Å². The van der Waals surface area contributed by atoms with Gasteiger partial charge < -0.3 is 4.57 Å². The molecule has 1 heterocycles. The lowest BCUT2D eigenvalue weighted by Crippen LogP contribution is -2.06. The van der Waals surface area contributed by atoms with Gasteiger partial charge in [0.25, 0.3) is 0 Å². The molecule has 3 nitrogen and oxygen atoms in total. The smallest absolute Gasteiger partial charge is 0.235 e. The van der Waals surface area contributed by atoms with Gasteiger partial charge in [0.05, 0.1) is 0 Å². The van der Waals surface area contributed by atoms with Crippen LogP contribution >= 0.6 is 0 Å². The van der Waals surface area contributed by atoms with Gasteiger partial charge >= 0.3 is 0 Å². The Hall–Kier alpha value is -1.93. The molecule has 86 valence electrons. The third kappa shape index (κ3) is 1.41. The molecule has 17 heavy (non-hydrogen) atoms. The van der Waals surface area contributed by atoms with Gasteiger partial charge in [-0.25, -0.2) is 9.18 Å². The fraction of sp³-hybridized carbons (Fsp3) is 0.308. The van der Waals surface area contributed by atoms with E-state index >= 15 is 0 Å². The van der Waals surface area contributed by atoms with Gasteiger partial charge in [0, 0.05) is 29.7 Å². The first-order chi connectivity index (χ1) is 8.16. The average molecular weight is 230 g/mol. The quantitative estimate of drug-likeness (QED) is 0.577. The van der Waals surface area contributed by atoms with Gasteiger partial charge in [-0.15, -0.1) is 0 Å². The second kappa shape index (κ2) is 3.28. The van der Waals surface area contributed by atoms with Gasteiger partial charge in [-0.3, -0.25) is 0 Å². The molecule has 1 aromatic carbocycles. The Morgan fingerprint density at radius 2 is 2.24 bits per heavy atom. The Morgan fingerprint density at radius 1 is 1.47 bits per heavy atom. The molecular weight excluding hydrogens is 219 g/mol. The highest BCUT2D eigenvalue weighted by Gasteiger charge is 2.46. The molecule has 1 aliphatic carbocycles. The molecular formula is C13H11FN2O. The molecule has 2 aromatic rings. The summed E-state index contributed by atoms with van der Waals surface area (Å²) in [6, 6.07) is 5.16. The largest absolute Gasteiger partial charge is 0.351 e. The Bertz CT molecular complexity index is 649. The van der Waals surface area contributed by atoms with E-state index in [2.05, 4.69) is 4.99 Å². The van der Waals surface area contributed by atoms with E-state index in [1.807, 2.05) is 23.9 Å². The maximum atomic E-state index is 14.0. The van der Waals surface area contributed by atoms with Gasteiger partial charge in [-0.05, 0) is 31.0 Å². The maximum absolute atomic E-state index is 14.0. The summed E-state index contributed by atoms with van der Waals surface area (Å²) >= 11 is 0. The number of halogens is 1. The Balaban J connectivity index is 2.26. The van der Waals surface area contributed by atoms with Gasteiger partial charge in [0.2, 0.25) is 6.08 Å². The Labute approximate surface area is 97.6 Å². The summed E-state index contributed by atoms with van der Waals surface area (Å²) in [6.07, 6.45) is 4.87. The molecule has 4 heteroatoms. The van der Waals surface area contributed by atoms with Crippen LogP contribution in [0.5, 0.6) is 0 Å². The average Bonchev–Trinajstić information content (AvgIpc) is 2.99. The van der Waals surface area contributed by atoms with Gasteiger partial charge in [-0.1, -0.05) is 0 Å². The van der Waals surface area contributed by atoms with Crippen LogP contribution in [0.25, 0.3) is 10.9 Å². The summed E-state index contributed by atoms with van der Waals surface area (Å²) in [4.78, 5) is 14.2. The predicted octanol–water partition coefficient (Wildman–Crippen LogP) is 2.64. The second-order valence-electron chi connectivity index (χ2n) is 4.55. The van der Waals surface area contributed by atoms with Crippen molar-refractivity contribution < 1.29 is 9.18 Å². The molecule has 0 radical (unpaired) electrons. The lowest BCUT2D eigenvalue weighted by atomic mass is 10.0. The standard InChI is InChI=1S/C13H11FN2O/c1-16-5-2-9-6-11(14)10(7-12(9)16)13(3-4-13)15-8-17/h2,5-7H,3-4H2,1H3. The van der Waals surface area contributed by atoms with Gasteiger partial charge in [-0.2, -0.15) is 4.99 Å². The highest BCUT2D eigenvalue weighted by molar-refractivity contribution is 5.81. The topological polar surface area (TPSA) is 34.4 Å². The van der Waals surface area contributed by atoms with E-state index in [9.17, 15) is 9.18 Å². The molecule has 0 atom stereocenters. The van der Waals surface area contributed by atoms with Crippen molar-refractivity contribution in [1.29, 1.82) is 0 Å². The van der Waals surface area contributed by atoms with Crippen LogP contribution in [0.15, 0.2) is 29.4 Å². The summed E-state index contributed by atoms with van der Waals surface area (Å²) < 4.78 is 15.9. The molecule has 0 aliphatic heterocycles. The number of carbonyl (C=O) groups excluding carboxylic acids is 1. The summed E-state index contributed by atoms with van der Waals surface area (Å²) in [6.45, 7) is 0. The number of nitrogens with zero attached hydrogens (tertiary/aromatic N) is 2. The summed E-state index contributed by atoms with van der Waals surface area (Å²) in [5.41, 5.74) is 0.813. The lowest BCUT2D eigenvalue weighted by molar-refractivity contribution is 0.548. The first kappa shape index (κ1) is 10.2. The third-order valence-electron chi connectivity index (χ3n) is 3.46. The zero-order valence-electron chi connectivity index (χ0n) is 9.40. The molecule has 0 unspecified atom stereocenters. The van der Waals surface area contributed by atoms with Crippen LogP contribution in [-0.2, 0) is 17.4 Å². The maximum Gasteiger partial charge on any atom is 0.235 e. The number of isocyanates is 1. The second-order valence-corrected chi connectivity index (χ2v) is 4.55. The molecule has 0 N–H and O–H groups in total. The van der Waals surface area contributed by atoms with E-state index in [-0.39, 0.29) is 5.82 Å². The van der Waals surface area contributed by atoms with Crippen molar-refractivity contribution in [3.8, 4) is 0 Å². The van der Waals surface area contributed by atoms with Crippen molar-refractivity contribution in [3.05, 3.63) is 35.8 Å². The number of aromatic nitrogens is 1. The number of hydrogen-bond acceptors (Lipinski definition) is 2. The molecule has 0 saturated heterocycles. The molecule has 0 amide bonds. The Kier molecular flexibility index (Phi) is 1.98. The molecule has 0 bridgehead atoms. The number of rotatable bonds is 2. The number of fused-ring (bicyclic) bond motifs is 1. The van der Waals surface area contributed by atoms with Crippen LogP contribution in [0.4, 0.5) is 4.39 Å². The van der Waals surface area contributed by atoms with Crippen LogP contribution in [0.3, 0.4) is 0 Å². The first-order valence-electron chi connectivity index (χ1n) is 5.50. The highest BCUT2D eigenvalue weighted by atomic mass is 19.1. The van der Waals surface area contributed by atoms with Crippen LogP contribution in [0.2, 0.25) is 0 Å². The normalized spacial score (nSPS) is 16.8. The van der Waals surface area contributed by atoms with Crippen LogP contribution < -0.4 is 0 Å². The molecule has 1 aromatic heterocycles. The summed E-state index contributed by atoms with van der Waals surface area (Å²) in [7, 11) is 1.91. The van der Waals surface area contributed by atoms with Crippen molar-refractivity contribution in [2.45, 2.75) is 18.4 Å². The van der Waals surface area contributed by atoms with Crippen molar-refractivity contribution in [2.75, 3.05) is 0 Å². The predicted molar refractivity (Wildman–Crippen MR) is 61.9 cm³/mol. The summed E-state index contributed by atoms with van der Waals surface area (Å²) in [5.74, 6) is -0.291. The molecule has 1 saturated carbocycles. The minimum atomic E-state index is -0.649. The SMILES string of the molecule is Cn1ccc2cc(F)c(C3(N=C=O)CC3)cc21. The van der Waals surface area contributed by atoms with Crippen molar-refractivity contribution in [1.82, 2.24) is 4.57 Å².